The molecule has 0 aliphatic rings. The Hall–Kier alpha value is -1.39. The number of hydrogen-bond donors (Lipinski definition) is 1. The van der Waals surface area contributed by atoms with Gasteiger partial charge in [-0.05, 0) is 30.7 Å². The molecule has 1 aromatic carbocycles. The Morgan fingerprint density at radius 3 is 2.84 bits per heavy atom. The summed E-state index contributed by atoms with van der Waals surface area (Å²) in [6.45, 7) is 2.76. The highest BCUT2D eigenvalue weighted by molar-refractivity contribution is 7.99. The Kier molecular flexibility index (Phi) is 4.93. The van der Waals surface area contributed by atoms with Crippen LogP contribution in [0, 0.1) is 0 Å². The molecule has 0 unspecified atom stereocenters. The summed E-state index contributed by atoms with van der Waals surface area (Å²) in [5, 5.41) is 1.50. The summed E-state index contributed by atoms with van der Waals surface area (Å²) in [5.74, 6) is 0.790. The van der Waals surface area contributed by atoms with Crippen LogP contribution in [0.3, 0.4) is 0 Å². The number of aromatic nitrogens is 1. The maximum Gasteiger partial charge on any atom is 0.122 e. The van der Waals surface area contributed by atoms with Crippen molar-refractivity contribution in [1.29, 1.82) is 0 Å². The summed E-state index contributed by atoms with van der Waals surface area (Å²) in [7, 11) is 0. The topological polar surface area (TPSA) is 48.1 Å². The van der Waals surface area contributed by atoms with E-state index in [9.17, 15) is 0 Å². The van der Waals surface area contributed by atoms with Gasteiger partial charge in [-0.2, -0.15) is 0 Å². The van der Waals surface area contributed by atoms with Crippen molar-refractivity contribution in [1.82, 2.24) is 4.98 Å². The zero-order chi connectivity index (χ0) is 13.7. The molecular weight excluding hydrogens is 280 g/mol. The van der Waals surface area contributed by atoms with Crippen molar-refractivity contribution in [3.8, 4) is 5.75 Å². The maximum absolute atomic E-state index is 5.87. The lowest BCUT2D eigenvalue weighted by Crippen LogP contribution is -1.96. The van der Waals surface area contributed by atoms with Crippen LogP contribution < -0.4 is 10.5 Å². The third-order valence-electron chi connectivity index (χ3n) is 2.30. The summed E-state index contributed by atoms with van der Waals surface area (Å²) in [6, 6.07) is 9.39. The SMILES string of the molecule is CCCOc1cc(N)cc(Sc2ccc(Cl)cn2)c1. The molecule has 3 nitrogen and oxygen atoms in total. The molecule has 19 heavy (non-hydrogen) atoms. The average molecular weight is 295 g/mol. The van der Waals surface area contributed by atoms with Gasteiger partial charge in [0.25, 0.3) is 0 Å². The lowest BCUT2D eigenvalue weighted by molar-refractivity contribution is 0.317. The van der Waals surface area contributed by atoms with Gasteiger partial charge in [0.2, 0.25) is 0 Å². The van der Waals surface area contributed by atoms with Gasteiger partial charge in [0.1, 0.15) is 10.8 Å². The molecule has 0 aliphatic carbocycles. The predicted molar refractivity (Wildman–Crippen MR) is 80.0 cm³/mol. The van der Waals surface area contributed by atoms with Crippen molar-refractivity contribution in [3.05, 3.63) is 41.6 Å². The highest BCUT2D eigenvalue weighted by atomic mass is 35.5. The van der Waals surface area contributed by atoms with Gasteiger partial charge in [-0.3, -0.25) is 0 Å². The Balaban J connectivity index is 2.15. The van der Waals surface area contributed by atoms with E-state index in [1.807, 2.05) is 30.3 Å². The van der Waals surface area contributed by atoms with Gasteiger partial charge < -0.3 is 10.5 Å². The molecule has 0 amide bonds. The van der Waals surface area contributed by atoms with Gasteiger partial charge in [-0.25, -0.2) is 4.98 Å². The number of nitrogens with zero attached hydrogens (tertiary/aromatic N) is 1. The van der Waals surface area contributed by atoms with Crippen LogP contribution in [0.15, 0.2) is 46.5 Å². The third kappa shape index (κ3) is 4.33. The molecule has 0 aliphatic heterocycles. The second-order valence-corrected chi connectivity index (χ2v) is 5.53. The van der Waals surface area contributed by atoms with E-state index in [4.69, 9.17) is 22.1 Å². The van der Waals surface area contributed by atoms with Crippen LogP contribution in [0.2, 0.25) is 5.02 Å². The second-order valence-electron chi connectivity index (χ2n) is 4.00. The van der Waals surface area contributed by atoms with Gasteiger partial charge in [-0.1, -0.05) is 30.3 Å². The quantitative estimate of drug-likeness (QED) is 0.837. The van der Waals surface area contributed by atoms with Gasteiger partial charge in [-0.15, -0.1) is 0 Å². The van der Waals surface area contributed by atoms with E-state index in [0.717, 1.165) is 22.1 Å². The lowest BCUT2D eigenvalue weighted by Gasteiger charge is -2.08. The minimum absolute atomic E-state index is 0.629. The molecule has 5 heteroatoms. The van der Waals surface area contributed by atoms with Gasteiger partial charge in [0.15, 0.2) is 0 Å². The van der Waals surface area contributed by atoms with Crippen molar-refractivity contribution in [3.63, 3.8) is 0 Å². The molecule has 1 heterocycles. The molecule has 100 valence electrons. The number of nitrogen functional groups attached to an aromatic ring is 1. The minimum Gasteiger partial charge on any atom is -0.493 e. The van der Waals surface area contributed by atoms with Crippen LogP contribution in [-0.2, 0) is 0 Å². The number of anilines is 1. The van der Waals surface area contributed by atoms with Crippen molar-refractivity contribution in [2.24, 2.45) is 0 Å². The Morgan fingerprint density at radius 1 is 1.32 bits per heavy atom. The lowest BCUT2D eigenvalue weighted by atomic mass is 10.3. The van der Waals surface area contributed by atoms with Gasteiger partial charge in [0, 0.05) is 22.8 Å². The van der Waals surface area contributed by atoms with Crippen LogP contribution in [-0.4, -0.2) is 11.6 Å². The Morgan fingerprint density at radius 2 is 2.16 bits per heavy atom. The highest BCUT2D eigenvalue weighted by Gasteiger charge is 2.03. The molecule has 0 atom stereocenters. The summed E-state index contributed by atoms with van der Waals surface area (Å²) >= 11 is 7.34. The van der Waals surface area contributed by atoms with Crippen LogP contribution in [0.4, 0.5) is 5.69 Å². The molecule has 0 spiro atoms. The first kappa shape index (κ1) is 14.0. The van der Waals surface area contributed by atoms with Gasteiger partial charge >= 0.3 is 0 Å². The molecule has 0 fully saturated rings. The number of pyridine rings is 1. The van der Waals surface area contributed by atoms with Crippen molar-refractivity contribution in [2.45, 2.75) is 23.3 Å². The smallest absolute Gasteiger partial charge is 0.122 e. The molecule has 0 saturated heterocycles. The molecule has 2 aromatic rings. The molecule has 1 aromatic heterocycles. The molecular formula is C14H15ClN2OS. The Bertz CT molecular complexity index is 546. The zero-order valence-electron chi connectivity index (χ0n) is 10.6. The Labute approximate surface area is 122 Å². The van der Waals surface area contributed by atoms with E-state index in [1.165, 1.54) is 11.8 Å². The highest BCUT2D eigenvalue weighted by Crippen LogP contribution is 2.31. The van der Waals surface area contributed by atoms with Crippen LogP contribution in [0.1, 0.15) is 13.3 Å². The van der Waals surface area contributed by atoms with Crippen LogP contribution in [0.5, 0.6) is 5.75 Å². The number of rotatable bonds is 5. The molecule has 2 rings (SSSR count). The fourth-order valence-electron chi connectivity index (χ4n) is 1.50. The van der Waals surface area contributed by atoms with Gasteiger partial charge in [0.05, 0.1) is 11.6 Å². The van der Waals surface area contributed by atoms with Crippen LogP contribution in [0.25, 0.3) is 0 Å². The molecule has 0 radical (unpaired) electrons. The first-order chi connectivity index (χ1) is 9.17. The first-order valence-electron chi connectivity index (χ1n) is 6.00. The van der Waals surface area contributed by atoms with E-state index in [2.05, 4.69) is 11.9 Å². The average Bonchev–Trinajstić information content (AvgIpc) is 2.38. The van der Waals surface area contributed by atoms with E-state index in [-0.39, 0.29) is 0 Å². The number of hydrogen-bond acceptors (Lipinski definition) is 4. The van der Waals surface area contributed by atoms with Crippen molar-refractivity contribution in [2.75, 3.05) is 12.3 Å². The third-order valence-corrected chi connectivity index (χ3v) is 3.44. The molecule has 2 N–H and O–H groups in total. The molecule has 0 bridgehead atoms. The normalized spacial score (nSPS) is 10.4. The van der Waals surface area contributed by atoms with Crippen LogP contribution >= 0.6 is 23.4 Å². The summed E-state index contributed by atoms with van der Waals surface area (Å²) in [4.78, 5) is 5.25. The van der Waals surface area contributed by atoms with E-state index >= 15 is 0 Å². The monoisotopic (exact) mass is 294 g/mol. The fraction of sp³-hybridized carbons (Fsp3) is 0.214. The number of halogens is 1. The number of benzene rings is 1. The zero-order valence-corrected chi connectivity index (χ0v) is 12.2. The van der Waals surface area contributed by atoms with E-state index in [0.29, 0.717) is 17.3 Å². The van der Waals surface area contributed by atoms with E-state index in [1.54, 1.807) is 6.20 Å². The minimum atomic E-state index is 0.629. The number of ether oxygens (including phenoxy) is 1. The largest absolute Gasteiger partial charge is 0.493 e. The predicted octanol–water partition coefficient (Wildman–Crippen LogP) is 4.26. The fourth-order valence-corrected chi connectivity index (χ4v) is 2.46. The van der Waals surface area contributed by atoms with Crippen molar-refractivity contribution >= 4 is 29.1 Å². The van der Waals surface area contributed by atoms with E-state index < -0.39 is 0 Å². The summed E-state index contributed by atoms with van der Waals surface area (Å²) in [5.41, 5.74) is 6.56. The number of nitrogens with two attached hydrogens (primary N) is 1. The standard InChI is InChI=1S/C14H15ClN2OS/c1-2-5-18-12-6-11(16)7-13(8-12)19-14-4-3-10(15)9-17-14/h3-4,6-9H,2,5,16H2,1H3. The summed E-state index contributed by atoms with van der Waals surface area (Å²) in [6.07, 6.45) is 2.60. The van der Waals surface area contributed by atoms with Crippen molar-refractivity contribution < 1.29 is 4.74 Å². The first-order valence-corrected chi connectivity index (χ1v) is 7.19. The maximum atomic E-state index is 5.87. The molecule has 0 saturated carbocycles. The summed E-state index contributed by atoms with van der Waals surface area (Å²) < 4.78 is 5.60. The second kappa shape index (κ2) is 6.68.